The molecule has 0 amide bonds. The van der Waals surface area contributed by atoms with Gasteiger partial charge in [-0.25, -0.2) is 0 Å². The molecule has 0 aliphatic carbocycles. The summed E-state index contributed by atoms with van der Waals surface area (Å²) in [5.41, 5.74) is 1.07. The lowest BCUT2D eigenvalue weighted by molar-refractivity contribution is -0.140. The fraction of sp³-hybridized carbons (Fsp3) is 0.462. The van der Waals surface area contributed by atoms with E-state index in [1.165, 1.54) is 0 Å². The minimum atomic E-state index is -1.06. The molecule has 18 heavy (non-hydrogen) atoms. The molecule has 5 nitrogen and oxygen atoms in total. The van der Waals surface area contributed by atoms with Crippen LogP contribution in [0.4, 0.5) is 0 Å². The van der Waals surface area contributed by atoms with E-state index in [1.807, 2.05) is 37.3 Å². The highest BCUT2D eigenvalue weighted by atomic mass is 16.5. The quantitative estimate of drug-likeness (QED) is 0.633. The number of hydrogen-bond donors (Lipinski definition) is 3. The Kier molecular flexibility index (Phi) is 6.35. The Hall–Kier alpha value is -1.43. The van der Waals surface area contributed by atoms with Crippen molar-refractivity contribution >= 4 is 5.97 Å². The zero-order valence-electron chi connectivity index (χ0n) is 10.4. The summed E-state index contributed by atoms with van der Waals surface area (Å²) in [6.07, 6.45) is -0.126. The molecule has 0 radical (unpaired) electrons. The topological polar surface area (TPSA) is 78.8 Å². The fourth-order valence-electron chi connectivity index (χ4n) is 1.41. The molecule has 0 spiro atoms. The van der Waals surface area contributed by atoms with Crippen molar-refractivity contribution in [2.45, 2.75) is 25.7 Å². The van der Waals surface area contributed by atoms with E-state index in [-0.39, 0.29) is 6.10 Å². The maximum Gasteiger partial charge on any atom is 0.323 e. The van der Waals surface area contributed by atoms with Crippen molar-refractivity contribution in [1.29, 1.82) is 0 Å². The van der Waals surface area contributed by atoms with E-state index < -0.39 is 18.6 Å². The van der Waals surface area contributed by atoms with Gasteiger partial charge in [0.15, 0.2) is 0 Å². The van der Waals surface area contributed by atoms with Crippen LogP contribution >= 0.6 is 0 Å². The average molecular weight is 253 g/mol. The second kappa shape index (κ2) is 7.81. The Balaban J connectivity index is 2.25. The summed E-state index contributed by atoms with van der Waals surface area (Å²) in [5, 5.41) is 20.3. The first-order valence-corrected chi connectivity index (χ1v) is 5.86. The van der Waals surface area contributed by atoms with Gasteiger partial charge in [0.1, 0.15) is 6.04 Å². The van der Waals surface area contributed by atoms with Crippen LogP contribution in [0.1, 0.15) is 12.5 Å². The van der Waals surface area contributed by atoms with Crippen molar-refractivity contribution in [3.05, 3.63) is 35.9 Å². The van der Waals surface area contributed by atoms with Crippen LogP contribution in [0.15, 0.2) is 30.3 Å². The van der Waals surface area contributed by atoms with Crippen molar-refractivity contribution in [3.8, 4) is 0 Å². The number of rotatable bonds is 8. The number of hydrogen-bond acceptors (Lipinski definition) is 4. The van der Waals surface area contributed by atoms with Crippen LogP contribution in [0.2, 0.25) is 0 Å². The maximum atomic E-state index is 10.7. The number of nitrogens with one attached hydrogen (secondary N) is 1. The first-order chi connectivity index (χ1) is 8.63. The van der Waals surface area contributed by atoms with Gasteiger partial charge in [-0.3, -0.25) is 10.1 Å². The molecule has 1 rings (SSSR count). The van der Waals surface area contributed by atoms with Crippen LogP contribution in [0.5, 0.6) is 0 Å². The van der Waals surface area contributed by atoms with Crippen LogP contribution in [0, 0.1) is 0 Å². The molecule has 2 atom stereocenters. The molecular weight excluding hydrogens is 234 g/mol. The zero-order chi connectivity index (χ0) is 13.4. The summed E-state index contributed by atoms with van der Waals surface area (Å²) in [7, 11) is 0. The number of aliphatic carboxylic acids is 1. The number of carbonyl (C=O) groups is 1. The Morgan fingerprint density at radius 1 is 1.39 bits per heavy atom. The van der Waals surface area contributed by atoms with Gasteiger partial charge in [-0.05, 0) is 12.5 Å². The standard InChI is InChI=1S/C13H19NO4/c1-10(7-14-12(8-15)13(16)17)18-9-11-5-3-2-4-6-11/h2-6,10,12,14-15H,7-9H2,1H3,(H,16,17)/t10-,12-/m0/s1. The smallest absolute Gasteiger partial charge is 0.323 e. The third kappa shape index (κ3) is 5.27. The Morgan fingerprint density at radius 2 is 2.06 bits per heavy atom. The van der Waals surface area contributed by atoms with Crippen LogP contribution < -0.4 is 5.32 Å². The third-order valence-corrected chi connectivity index (χ3v) is 2.51. The molecule has 3 N–H and O–H groups in total. The van der Waals surface area contributed by atoms with Gasteiger partial charge in [0, 0.05) is 6.54 Å². The van der Waals surface area contributed by atoms with E-state index in [0.29, 0.717) is 13.2 Å². The van der Waals surface area contributed by atoms with Gasteiger partial charge < -0.3 is 14.9 Å². The van der Waals surface area contributed by atoms with Gasteiger partial charge in [0.05, 0.1) is 19.3 Å². The van der Waals surface area contributed by atoms with Crippen molar-refractivity contribution in [2.75, 3.05) is 13.2 Å². The molecule has 100 valence electrons. The van der Waals surface area contributed by atoms with Gasteiger partial charge in [-0.1, -0.05) is 30.3 Å². The Morgan fingerprint density at radius 3 is 2.61 bits per heavy atom. The minimum absolute atomic E-state index is 0.126. The molecule has 0 unspecified atom stereocenters. The zero-order valence-corrected chi connectivity index (χ0v) is 10.4. The molecule has 0 heterocycles. The Labute approximate surface area is 106 Å². The summed E-state index contributed by atoms with van der Waals surface area (Å²) in [4.78, 5) is 10.7. The normalized spacial score (nSPS) is 14.1. The third-order valence-electron chi connectivity index (χ3n) is 2.51. The van der Waals surface area contributed by atoms with Gasteiger partial charge in [-0.2, -0.15) is 0 Å². The minimum Gasteiger partial charge on any atom is -0.480 e. The second-order valence-electron chi connectivity index (χ2n) is 4.09. The highest BCUT2D eigenvalue weighted by Gasteiger charge is 2.16. The molecule has 0 saturated heterocycles. The van der Waals surface area contributed by atoms with E-state index in [4.69, 9.17) is 14.9 Å². The van der Waals surface area contributed by atoms with E-state index >= 15 is 0 Å². The number of carboxylic acids is 1. The van der Waals surface area contributed by atoms with E-state index in [0.717, 1.165) is 5.56 Å². The Bertz CT molecular complexity index is 355. The first kappa shape index (κ1) is 14.6. The maximum absolute atomic E-state index is 10.7. The van der Waals surface area contributed by atoms with Gasteiger partial charge in [0.25, 0.3) is 0 Å². The molecule has 1 aromatic carbocycles. The molecule has 0 bridgehead atoms. The highest BCUT2D eigenvalue weighted by Crippen LogP contribution is 2.02. The molecule has 5 heteroatoms. The van der Waals surface area contributed by atoms with E-state index in [2.05, 4.69) is 5.32 Å². The first-order valence-electron chi connectivity index (χ1n) is 5.86. The second-order valence-corrected chi connectivity index (χ2v) is 4.09. The average Bonchev–Trinajstić information content (AvgIpc) is 2.38. The number of aliphatic hydroxyl groups is 1. The lowest BCUT2D eigenvalue weighted by Gasteiger charge is -2.17. The lowest BCUT2D eigenvalue weighted by atomic mass is 10.2. The van der Waals surface area contributed by atoms with Crippen LogP contribution in [-0.2, 0) is 16.1 Å². The van der Waals surface area contributed by atoms with Gasteiger partial charge in [-0.15, -0.1) is 0 Å². The molecule has 0 saturated carbocycles. The number of carboxylic acid groups (broad SMARTS) is 1. The number of benzene rings is 1. The number of aliphatic hydroxyl groups excluding tert-OH is 1. The predicted molar refractivity (Wildman–Crippen MR) is 67.2 cm³/mol. The van der Waals surface area contributed by atoms with Gasteiger partial charge in [0.2, 0.25) is 0 Å². The molecule has 0 aliphatic rings. The van der Waals surface area contributed by atoms with Crippen molar-refractivity contribution in [2.24, 2.45) is 0 Å². The monoisotopic (exact) mass is 253 g/mol. The molecular formula is C13H19NO4. The lowest BCUT2D eigenvalue weighted by Crippen LogP contribution is -2.43. The summed E-state index contributed by atoms with van der Waals surface area (Å²) in [5.74, 6) is -1.06. The highest BCUT2D eigenvalue weighted by molar-refractivity contribution is 5.73. The fourth-order valence-corrected chi connectivity index (χ4v) is 1.41. The summed E-state index contributed by atoms with van der Waals surface area (Å²) in [6.45, 7) is 2.29. The summed E-state index contributed by atoms with van der Waals surface area (Å²) in [6, 6.07) is 8.81. The molecule has 0 aliphatic heterocycles. The van der Waals surface area contributed by atoms with Crippen LogP contribution in [0.3, 0.4) is 0 Å². The molecule has 0 aromatic heterocycles. The SMILES string of the molecule is C[C@@H](CN[C@@H](CO)C(=O)O)OCc1ccccc1. The van der Waals surface area contributed by atoms with Crippen molar-refractivity contribution in [1.82, 2.24) is 5.32 Å². The molecule has 0 fully saturated rings. The van der Waals surface area contributed by atoms with E-state index in [1.54, 1.807) is 0 Å². The molecule has 1 aromatic rings. The van der Waals surface area contributed by atoms with Crippen LogP contribution in [0.25, 0.3) is 0 Å². The number of ether oxygens (including phenoxy) is 1. The summed E-state index contributed by atoms with van der Waals surface area (Å²) < 4.78 is 5.57. The van der Waals surface area contributed by atoms with E-state index in [9.17, 15) is 4.79 Å². The summed E-state index contributed by atoms with van der Waals surface area (Å²) >= 11 is 0. The van der Waals surface area contributed by atoms with Gasteiger partial charge >= 0.3 is 5.97 Å². The largest absolute Gasteiger partial charge is 0.480 e. The predicted octanol–water partition coefficient (Wildman–Crippen LogP) is 0.627. The van der Waals surface area contributed by atoms with Crippen molar-refractivity contribution < 1.29 is 19.7 Å². The van der Waals surface area contributed by atoms with Crippen molar-refractivity contribution in [3.63, 3.8) is 0 Å². The van der Waals surface area contributed by atoms with Crippen LogP contribution in [-0.4, -0.2) is 41.5 Å².